The van der Waals surface area contributed by atoms with Gasteiger partial charge >= 0.3 is 11.8 Å². The zero-order valence-corrected chi connectivity index (χ0v) is 4.13. The molecule has 0 atom stereocenters. The second kappa shape index (κ2) is 1.92. The molecule has 43 valence electrons. The summed E-state index contributed by atoms with van der Waals surface area (Å²) in [5, 5.41) is 7.90. The summed E-state index contributed by atoms with van der Waals surface area (Å²) in [6, 6.07) is 0. The Bertz CT molecular complexity index is 140. The Hall–Kier alpha value is -0.900. The lowest BCUT2D eigenvalue weighted by Crippen LogP contribution is -2.03. The summed E-state index contributed by atoms with van der Waals surface area (Å²) >= 11 is 0. The maximum Gasteiger partial charge on any atom is 0.456 e. The van der Waals surface area contributed by atoms with E-state index < -0.39 is 0 Å². The lowest BCUT2D eigenvalue weighted by Gasteiger charge is -1.76. The minimum atomic E-state index is -0.228. The predicted octanol–water partition coefficient (Wildman–Crippen LogP) is -0.469. The molecular weight excluding hydrogens is 110 g/mol. The third-order valence-electron chi connectivity index (χ3n) is 0.908. The second-order valence-corrected chi connectivity index (χ2v) is 1.49. The maximum atomic E-state index is 10.2. The van der Waals surface area contributed by atoms with Crippen LogP contribution in [-0.4, -0.2) is 17.1 Å². The van der Waals surface area contributed by atoms with Gasteiger partial charge in [-0.1, -0.05) is 0 Å². The van der Waals surface area contributed by atoms with Crippen molar-refractivity contribution in [3.8, 4) is 0 Å². The molecule has 0 aromatic carbocycles. The van der Waals surface area contributed by atoms with Gasteiger partial charge < -0.3 is 0 Å². The van der Waals surface area contributed by atoms with Crippen molar-refractivity contribution >= 4 is 11.8 Å². The van der Waals surface area contributed by atoms with Gasteiger partial charge in [0.15, 0.2) is 4.99 Å². The molecule has 8 heavy (non-hydrogen) atoms. The highest BCUT2D eigenvalue weighted by molar-refractivity contribution is 5.95. The Labute approximate surface area is 45.7 Å². The van der Waals surface area contributed by atoms with Crippen molar-refractivity contribution in [1.29, 1.82) is 0 Å². The summed E-state index contributed by atoms with van der Waals surface area (Å²) in [4.78, 5) is 17.3. The van der Waals surface area contributed by atoms with Gasteiger partial charge in [-0.05, 0) is 0 Å². The van der Waals surface area contributed by atoms with E-state index in [1.165, 1.54) is 0 Å². The smallest absolute Gasteiger partial charge is 0.271 e. The number of rotatable bonds is 0. The normalized spacial score (nSPS) is 18.6. The first-order valence-corrected chi connectivity index (χ1v) is 2.25. The summed E-state index contributed by atoms with van der Waals surface area (Å²) in [7, 11) is 0. The molecule has 1 aliphatic heterocycles. The van der Waals surface area contributed by atoms with Crippen LogP contribution in [0.5, 0.6) is 0 Å². The second-order valence-electron chi connectivity index (χ2n) is 1.49. The number of hydrogen-bond acceptors (Lipinski definition) is 3. The summed E-state index contributed by atoms with van der Waals surface area (Å²) in [6.45, 7) is 0. The lowest BCUT2D eigenvalue weighted by molar-refractivity contribution is -0.157. The fourth-order valence-corrected chi connectivity index (χ4v) is 0.531. The van der Waals surface area contributed by atoms with E-state index >= 15 is 0 Å². The van der Waals surface area contributed by atoms with Crippen LogP contribution in [0.4, 0.5) is 0 Å². The number of amides is 1. The molecule has 0 aliphatic carbocycles. The Kier molecular flexibility index (Phi) is 1.26. The van der Waals surface area contributed by atoms with E-state index in [0.717, 1.165) is 0 Å². The van der Waals surface area contributed by atoms with Crippen molar-refractivity contribution in [2.24, 2.45) is 0 Å². The highest BCUT2D eigenvalue weighted by Crippen LogP contribution is 1.97. The third-order valence-corrected chi connectivity index (χ3v) is 0.908. The first kappa shape index (κ1) is 5.24. The van der Waals surface area contributed by atoms with Crippen molar-refractivity contribution in [2.45, 2.75) is 12.8 Å². The minimum absolute atomic E-state index is 0.120. The summed E-state index contributed by atoms with van der Waals surface area (Å²) in [5.74, 6) is -0.107. The van der Waals surface area contributed by atoms with Crippen LogP contribution in [0.25, 0.3) is 0 Å². The average molecular weight is 115 g/mol. The van der Waals surface area contributed by atoms with Crippen molar-refractivity contribution in [2.75, 3.05) is 0 Å². The fraction of sp³-hybridized carbons (Fsp3) is 0.500. The largest absolute Gasteiger partial charge is 0.456 e. The first-order valence-electron chi connectivity index (χ1n) is 2.25. The molecule has 1 rings (SSSR count). The predicted molar refractivity (Wildman–Crippen MR) is 25.1 cm³/mol. The lowest BCUT2D eigenvalue weighted by atomic mass is 10.4. The van der Waals surface area contributed by atoms with E-state index in [0.29, 0.717) is 12.8 Å². The Morgan fingerprint density at radius 3 is 2.62 bits per heavy atom. The summed E-state index contributed by atoms with van der Waals surface area (Å²) in [5.41, 5.74) is 0. The zero-order chi connectivity index (χ0) is 5.98. The molecule has 4 heteroatoms. The average Bonchev–Trinajstić information content (AvgIpc) is 2.14. The van der Waals surface area contributed by atoms with Gasteiger partial charge in [0, 0.05) is 0 Å². The molecule has 1 N–H and O–H groups in total. The molecule has 1 radical (unpaired) electrons. The van der Waals surface area contributed by atoms with Crippen LogP contribution >= 0.6 is 0 Å². The summed E-state index contributed by atoms with van der Waals surface area (Å²) < 4.78 is 0. The van der Waals surface area contributed by atoms with Crippen molar-refractivity contribution < 1.29 is 14.9 Å². The number of carbonyl (C=O) groups is 1. The van der Waals surface area contributed by atoms with E-state index in [1.807, 2.05) is 0 Å². The minimum Gasteiger partial charge on any atom is -0.271 e. The Balaban J connectivity index is 2.57. The number of aliphatic imine (C=N–C) groups is 1. The number of nitrogens with zero attached hydrogens (tertiary/aromatic N) is 1. The van der Waals surface area contributed by atoms with E-state index in [4.69, 9.17) is 5.26 Å². The molecule has 0 aromatic rings. The van der Waals surface area contributed by atoms with Gasteiger partial charge in [0.2, 0.25) is 0 Å². The molecule has 0 bridgehead atoms. The van der Waals surface area contributed by atoms with Crippen LogP contribution in [0.3, 0.4) is 0 Å². The van der Waals surface area contributed by atoms with Gasteiger partial charge in [-0.25, -0.2) is 4.79 Å². The van der Waals surface area contributed by atoms with Gasteiger partial charge in [0.05, 0.1) is 12.8 Å². The van der Waals surface area contributed by atoms with Crippen molar-refractivity contribution in [3.05, 3.63) is 0 Å². The zero-order valence-electron chi connectivity index (χ0n) is 4.13. The molecule has 0 spiro atoms. The molecular formula is C4H5NO3+. The van der Waals surface area contributed by atoms with Crippen LogP contribution in [0, 0.1) is 0 Å². The van der Waals surface area contributed by atoms with Crippen LogP contribution in [0.1, 0.15) is 12.8 Å². The van der Waals surface area contributed by atoms with Gasteiger partial charge in [0.25, 0.3) is 0 Å². The number of carbonyl (C=O) groups excluding carboxylic acids is 1. The standard InChI is InChI=1S/C4H5NO3/c6-3-1-2-4(5-3)8-7/h7H,1-2H2/q+1. The molecule has 1 aliphatic rings. The van der Waals surface area contributed by atoms with Crippen LogP contribution in [0.2, 0.25) is 0 Å². The summed E-state index contributed by atoms with van der Waals surface area (Å²) in [6.07, 6.45) is 0.783. The van der Waals surface area contributed by atoms with Crippen LogP contribution in [-0.2, 0) is 9.68 Å². The fourth-order valence-electron chi connectivity index (χ4n) is 0.531. The Morgan fingerprint density at radius 2 is 2.38 bits per heavy atom. The van der Waals surface area contributed by atoms with Gasteiger partial charge in [0.1, 0.15) is 0 Å². The van der Waals surface area contributed by atoms with E-state index in [-0.39, 0.29) is 11.8 Å². The first-order chi connectivity index (χ1) is 3.83. The molecule has 0 unspecified atom stereocenters. The molecule has 1 amide bonds. The quantitative estimate of drug-likeness (QED) is 0.343. The molecule has 0 saturated carbocycles. The van der Waals surface area contributed by atoms with E-state index in [2.05, 4.69) is 9.88 Å². The van der Waals surface area contributed by atoms with Crippen LogP contribution in [0.15, 0.2) is 0 Å². The van der Waals surface area contributed by atoms with Gasteiger partial charge in [-0.3, -0.25) is 4.89 Å². The molecule has 0 aromatic heterocycles. The Morgan fingerprint density at radius 1 is 1.62 bits per heavy atom. The third kappa shape index (κ3) is 0.840. The highest BCUT2D eigenvalue weighted by Gasteiger charge is 2.30. The topological polar surface area (TPSA) is 60.6 Å². The molecule has 1 heterocycles. The molecule has 0 saturated heterocycles. The van der Waals surface area contributed by atoms with E-state index in [1.54, 1.807) is 0 Å². The maximum absolute atomic E-state index is 10.2. The SMILES string of the molecule is O=C1CCC(OO)=[N+]1. The highest BCUT2D eigenvalue weighted by atomic mass is 17.1. The van der Waals surface area contributed by atoms with Crippen molar-refractivity contribution in [1.82, 2.24) is 4.99 Å². The molecule has 4 nitrogen and oxygen atoms in total. The molecule has 0 fully saturated rings. The van der Waals surface area contributed by atoms with Crippen LogP contribution < -0.4 is 4.99 Å². The van der Waals surface area contributed by atoms with Gasteiger partial charge in [-0.2, -0.15) is 5.26 Å². The monoisotopic (exact) mass is 115 g/mol. The number of hydrogen-bond donors (Lipinski definition) is 1. The van der Waals surface area contributed by atoms with Gasteiger partial charge in [-0.15, -0.1) is 0 Å². The van der Waals surface area contributed by atoms with E-state index in [9.17, 15) is 4.79 Å². The van der Waals surface area contributed by atoms with Crippen molar-refractivity contribution in [3.63, 3.8) is 0 Å².